The van der Waals surface area contributed by atoms with Gasteiger partial charge in [0.2, 0.25) is 21.7 Å². The number of aromatic nitrogens is 2. The van der Waals surface area contributed by atoms with Gasteiger partial charge in [0.15, 0.2) is 9.53 Å². The van der Waals surface area contributed by atoms with Crippen molar-refractivity contribution in [2.24, 2.45) is 0 Å². The predicted molar refractivity (Wildman–Crippen MR) is 83.1 cm³/mol. The minimum Gasteiger partial charge on any atom is -0.447 e. The van der Waals surface area contributed by atoms with Crippen LogP contribution in [0.25, 0.3) is 11.6 Å². The number of halogens is 1. The van der Waals surface area contributed by atoms with Crippen molar-refractivity contribution < 1.29 is 17.4 Å². The third-order valence-corrected chi connectivity index (χ3v) is 5.39. The third-order valence-electron chi connectivity index (χ3n) is 3.51. The Bertz CT molecular complexity index is 731. The molecule has 2 aromatic heterocycles. The maximum atomic E-state index is 11.5. The normalized spacial score (nSPS) is 18.2. The standard InChI is InChI=1S/C12H14IN3O4S/c1-21(17,18)16-6-4-8(5-7-16)12-14-11(15-20-12)9-2-3-10(13)19-9/h2-3,8H,4-7H2,1H3. The van der Waals surface area contributed by atoms with Crippen LogP contribution in [0.5, 0.6) is 0 Å². The first-order valence-electron chi connectivity index (χ1n) is 6.48. The number of rotatable bonds is 3. The summed E-state index contributed by atoms with van der Waals surface area (Å²) in [5.74, 6) is 1.64. The van der Waals surface area contributed by atoms with Crippen LogP contribution in [0.4, 0.5) is 0 Å². The molecule has 0 N–H and O–H groups in total. The van der Waals surface area contributed by atoms with Crippen LogP contribution in [0.1, 0.15) is 24.7 Å². The van der Waals surface area contributed by atoms with E-state index in [0.29, 0.717) is 43.4 Å². The van der Waals surface area contributed by atoms with E-state index in [1.54, 1.807) is 6.07 Å². The molecular weight excluding hydrogens is 409 g/mol. The van der Waals surface area contributed by atoms with Crippen LogP contribution in [0, 0.1) is 3.77 Å². The lowest BCUT2D eigenvalue weighted by Crippen LogP contribution is -2.37. The molecule has 3 heterocycles. The Hall–Kier alpha value is -0.940. The van der Waals surface area contributed by atoms with Gasteiger partial charge in [-0.2, -0.15) is 4.98 Å². The van der Waals surface area contributed by atoms with Gasteiger partial charge in [-0.05, 0) is 47.6 Å². The van der Waals surface area contributed by atoms with E-state index in [1.807, 2.05) is 6.07 Å². The van der Waals surface area contributed by atoms with Gasteiger partial charge in [-0.15, -0.1) is 0 Å². The number of furan rings is 1. The maximum Gasteiger partial charge on any atom is 0.238 e. The number of sulfonamides is 1. The molecule has 21 heavy (non-hydrogen) atoms. The first-order valence-corrected chi connectivity index (χ1v) is 9.40. The summed E-state index contributed by atoms with van der Waals surface area (Å²) in [4.78, 5) is 4.36. The van der Waals surface area contributed by atoms with Crippen molar-refractivity contribution in [2.75, 3.05) is 19.3 Å². The van der Waals surface area contributed by atoms with Crippen molar-refractivity contribution in [3.63, 3.8) is 0 Å². The van der Waals surface area contributed by atoms with Crippen LogP contribution < -0.4 is 0 Å². The highest BCUT2D eigenvalue weighted by molar-refractivity contribution is 14.1. The summed E-state index contributed by atoms with van der Waals surface area (Å²) in [7, 11) is -3.12. The van der Waals surface area contributed by atoms with Crippen molar-refractivity contribution in [1.29, 1.82) is 0 Å². The smallest absolute Gasteiger partial charge is 0.238 e. The quantitative estimate of drug-likeness (QED) is 0.703. The second kappa shape index (κ2) is 5.69. The highest BCUT2D eigenvalue weighted by atomic mass is 127. The van der Waals surface area contributed by atoms with Crippen molar-refractivity contribution in [1.82, 2.24) is 14.4 Å². The minimum absolute atomic E-state index is 0.0956. The molecular formula is C12H14IN3O4S. The lowest BCUT2D eigenvalue weighted by atomic mass is 9.98. The zero-order valence-electron chi connectivity index (χ0n) is 11.3. The Balaban J connectivity index is 1.71. The molecule has 1 saturated heterocycles. The zero-order valence-corrected chi connectivity index (χ0v) is 14.3. The molecule has 114 valence electrons. The number of piperidine rings is 1. The van der Waals surface area contributed by atoms with E-state index in [4.69, 9.17) is 8.94 Å². The van der Waals surface area contributed by atoms with Gasteiger partial charge in [-0.25, -0.2) is 12.7 Å². The second-order valence-electron chi connectivity index (χ2n) is 5.00. The van der Waals surface area contributed by atoms with Gasteiger partial charge in [-0.3, -0.25) is 0 Å². The monoisotopic (exact) mass is 423 g/mol. The van der Waals surface area contributed by atoms with Gasteiger partial charge in [0.25, 0.3) is 0 Å². The molecule has 1 fully saturated rings. The van der Waals surface area contributed by atoms with Gasteiger partial charge >= 0.3 is 0 Å². The summed E-state index contributed by atoms with van der Waals surface area (Å²) in [6.07, 6.45) is 2.60. The SMILES string of the molecule is CS(=O)(=O)N1CCC(c2nc(-c3ccc(I)o3)no2)CC1. The van der Waals surface area contributed by atoms with Crippen molar-refractivity contribution in [3.8, 4) is 11.6 Å². The number of hydrogen-bond donors (Lipinski definition) is 0. The summed E-state index contributed by atoms with van der Waals surface area (Å²) in [6, 6.07) is 3.62. The van der Waals surface area contributed by atoms with Crippen LogP contribution in [0.15, 0.2) is 21.1 Å². The number of nitrogens with zero attached hydrogens (tertiary/aromatic N) is 3. The van der Waals surface area contributed by atoms with Crippen molar-refractivity contribution >= 4 is 32.6 Å². The van der Waals surface area contributed by atoms with E-state index < -0.39 is 10.0 Å². The molecule has 0 bridgehead atoms. The highest BCUT2D eigenvalue weighted by Gasteiger charge is 2.29. The average Bonchev–Trinajstić information content (AvgIpc) is 3.06. The first kappa shape index (κ1) is 15.0. The molecule has 2 aromatic rings. The topological polar surface area (TPSA) is 89.4 Å². The molecule has 1 aliphatic heterocycles. The van der Waals surface area contributed by atoms with E-state index in [0.717, 1.165) is 3.77 Å². The average molecular weight is 423 g/mol. The molecule has 0 radical (unpaired) electrons. The summed E-state index contributed by atoms with van der Waals surface area (Å²) in [6.45, 7) is 0.972. The minimum atomic E-state index is -3.12. The maximum absolute atomic E-state index is 11.5. The Labute approximate surface area is 135 Å². The summed E-state index contributed by atoms with van der Waals surface area (Å²) in [5, 5.41) is 3.93. The Morgan fingerprint density at radius 3 is 2.62 bits per heavy atom. The Kier molecular flexibility index (Phi) is 4.06. The fourth-order valence-electron chi connectivity index (χ4n) is 2.37. The molecule has 7 nitrogen and oxygen atoms in total. The van der Waals surface area contributed by atoms with Crippen LogP contribution in [-0.2, 0) is 10.0 Å². The Morgan fingerprint density at radius 1 is 1.33 bits per heavy atom. The van der Waals surface area contributed by atoms with Crippen LogP contribution >= 0.6 is 22.6 Å². The molecule has 3 rings (SSSR count). The van der Waals surface area contributed by atoms with E-state index in [9.17, 15) is 8.42 Å². The van der Waals surface area contributed by atoms with Crippen LogP contribution in [0.3, 0.4) is 0 Å². The summed E-state index contributed by atoms with van der Waals surface area (Å²) >= 11 is 2.07. The molecule has 9 heteroatoms. The third kappa shape index (κ3) is 3.29. The highest BCUT2D eigenvalue weighted by Crippen LogP contribution is 2.29. The summed E-state index contributed by atoms with van der Waals surface area (Å²) in [5.41, 5.74) is 0. The van der Waals surface area contributed by atoms with Crippen molar-refractivity contribution in [2.45, 2.75) is 18.8 Å². The zero-order chi connectivity index (χ0) is 15.0. The lowest BCUT2D eigenvalue weighted by Gasteiger charge is -2.28. The lowest BCUT2D eigenvalue weighted by molar-refractivity contribution is 0.271. The van der Waals surface area contributed by atoms with Gasteiger partial charge in [0.1, 0.15) is 0 Å². The van der Waals surface area contributed by atoms with Crippen LogP contribution in [0.2, 0.25) is 0 Å². The van der Waals surface area contributed by atoms with E-state index >= 15 is 0 Å². The van der Waals surface area contributed by atoms with E-state index in [-0.39, 0.29) is 5.92 Å². The molecule has 0 unspecified atom stereocenters. The first-order chi connectivity index (χ1) is 9.93. The Morgan fingerprint density at radius 2 is 2.05 bits per heavy atom. The van der Waals surface area contributed by atoms with Crippen LogP contribution in [-0.4, -0.2) is 42.2 Å². The molecule has 0 atom stereocenters. The van der Waals surface area contributed by atoms with E-state index in [2.05, 4.69) is 32.7 Å². The molecule has 0 aliphatic carbocycles. The molecule has 0 amide bonds. The molecule has 0 aromatic carbocycles. The van der Waals surface area contributed by atoms with Gasteiger partial charge < -0.3 is 8.94 Å². The largest absolute Gasteiger partial charge is 0.447 e. The molecule has 1 aliphatic rings. The van der Waals surface area contributed by atoms with Gasteiger partial charge in [0.05, 0.1) is 6.26 Å². The van der Waals surface area contributed by atoms with E-state index in [1.165, 1.54) is 10.6 Å². The summed E-state index contributed by atoms with van der Waals surface area (Å²) < 4.78 is 35.9. The fraction of sp³-hybridized carbons (Fsp3) is 0.500. The molecule has 0 saturated carbocycles. The van der Waals surface area contributed by atoms with Gasteiger partial charge in [0, 0.05) is 19.0 Å². The number of hydrogen-bond acceptors (Lipinski definition) is 6. The van der Waals surface area contributed by atoms with Crippen molar-refractivity contribution in [3.05, 3.63) is 21.8 Å². The second-order valence-corrected chi connectivity index (χ2v) is 8.04. The predicted octanol–water partition coefficient (Wildman–Crippen LogP) is 2.07. The molecule has 0 spiro atoms. The van der Waals surface area contributed by atoms with Gasteiger partial charge in [-0.1, -0.05) is 5.16 Å². The fourth-order valence-corrected chi connectivity index (χ4v) is 3.66.